The standard InChI is InChI=1S/C23H19ClFNO4/c1-11-20(23(29)30)21(13-3-2-4-15(27)7-13)22-18(26-11)9-14(10-19(22)28)12-5-6-16(24)17(25)8-12/h2-8,14,21,26-27H,9-10H2,1H3,(H,29,30). The topological polar surface area (TPSA) is 86.6 Å². The molecule has 2 atom stereocenters. The number of benzene rings is 2. The van der Waals surface area contributed by atoms with Crippen molar-refractivity contribution in [3.63, 3.8) is 0 Å². The van der Waals surface area contributed by atoms with Crippen LogP contribution in [0.15, 0.2) is 65.0 Å². The van der Waals surface area contributed by atoms with Gasteiger partial charge in [0.25, 0.3) is 0 Å². The molecular formula is C23H19ClFNO4. The van der Waals surface area contributed by atoms with Gasteiger partial charge in [0.1, 0.15) is 11.6 Å². The summed E-state index contributed by atoms with van der Waals surface area (Å²) in [6.07, 6.45) is 0.560. The van der Waals surface area contributed by atoms with E-state index in [0.717, 1.165) is 0 Å². The van der Waals surface area contributed by atoms with Crippen molar-refractivity contribution in [3.05, 3.63) is 87.0 Å². The van der Waals surface area contributed by atoms with Crippen LogP contribution in [0.4, 0.5) is 4.39 Å². The fourth-order valence-electron chi connectivity index (χ4n) is 4.36. The van der Waals surface area contributed by atoms with Gasteiger partial charge in [-0.3, -0.25) is 4.79 Å². The van der Waals surface area contributed by atoms with Crippen molar-refractivity contribution in [3.8, 4) is 5.75 Å². The number of allylic oxidation sites excluding steroid dienone is 3. The first-order chi connectivity index (χ1) is 14.3. The maximum atomic E-state index is 13.9. The molecule has 5 nitrogen and oxygen atoms in total. The zero-order valence-electron chi connectivity index (χ0n) is 16.1. The van der Waals surface area contributed by atoms with Crippen LogP contribution < -0.4 is 5.32 Å². The van der Waals surface area contributed by atoms with E-state index in [9.17, 15) is 24.2 Å². The highest BCUT2D eigenvalue weighted by Crippen LogP contribution is 2.46. The third kappa shape index (κ3) is 3.48. The van der Waals surface area contributed by atoms with E-state index in [4.69, 9.17) is 11.6 Å². The number of aliphatic carboxylic acids is 1. The minimum atomic E-state index is -1.13. The molecule has 1 heterocycles. The smallest absolute Gasteiger partial charge is 0.334 e. The minimum absolute atomic E-state index is 0.00616. The lowest BCUT2D eigenvalue weighted by Crippen LogP contribution is -2.35. The number of carbonyl (C=O) groups is 2. The van der Waals surface area contributed by atoms with Crippen molar-refractivity contribution in [2.75, 3.05) is 0 Å². The van der Waals surface area contributed by atoms with Gasteiger partial charge in [-0.15, -0.1) is 0 Å². The molecule has 0 spiro atoms. The van der Waals surface area contributed by atoms with Crippen LogP contribution in [0.1, 0.15) is 42.7 Å². The molecular weight excluding hydrogens is 409 g/mol. The highest BCUT2D eigenvalue weighted by Gasteiger charge is 2.41. The molecule has 154 valence electrons. The van der Waals surface area contributed by atoms with Gasteiger partial charge in [0.2, 0.25) is 0 Å². The summed E-state index contributed by atoms with van der Waals surface area (Å²) in [6, 6.07) is 10.8. The number of carboxylic acids is 1. The Morgan fingerprint density at radius 3 is 2.60 bits per heavy atom. The monoisotopic (exact) mass is 427 g/mol. The Hall–Kier alpha value is -3.12. The summed E-state index contributed by atoms with van der Waals surface area (Å²) in [5.74, 6) is -2.92. The van der Waals surface area contributed by atoms with E-state index in [2.05, 4.69) is 5.32 Å². The first kappa shape index (κ1) is 20.2. The number of carboxylic acid groups (broad SMARTS) is 1. The van der Waals surface area contributed by atoms with Gasteiger partial charge in [-0.2, -0.15) is 0 Å². The third-order valence-electron chi connectivity index (χ3n) is 5.68. The number of rotatable bonds is 3. The van der Waals surface area contributed by atoms with Crippen molar-refractivity contribution in [1.82, 2.24) is 5.32 Å². The lowest BCUT2D eigenvalue weighted by atomic mass is 9.71. The number of hydrogen-bond acceptors (Lipinski definition) is 4. The molecule has 0 bridgehead atoms. The van der Waals surface area contributed by atoms with Crippen molar-refractivity contribution in [1.29, 1.82) is 0 Å². The van der Waals surface area contributed by atoms with E-state index in [-0.39, 0.29) is 34.5 Å². The summed E-state index contributed by atoms with van der Waals surface area (Å²) in [4.78, 5) is 25.2. The second-order valence-electron chi connectivity index (χ2n) is 7.59. The number of halogens is 2. The van der Waals surface area contributed by atoms with Crippen LogP contribution in [0, 0.1) is 5.82 Å². The number of phenolic OH excluding ortho intramolecular Hbond substituents is 1. The molecule has 1 aliphatic heterocycles. The van der Waals surface area contributed by atoms with Gasteiger partial charge in [0.05, 0.1) is 10.6 Å². The average molecular weight is 428 g/mol. The predicted octanol–water partition coefficient (Wildman–Crippen LogP) is 4.63. The highest BCUT2D eigenvalue weighted by molar-refractivity contribution is 6.30. The normalized spacial score (nSPS) is 21.4. The average Bonchev–Trinajstić information content (AvgIpc) is 2.68. The zero-order valence-corrected chi connectivity index (χ0v) is 16.8. The molecule has 2 aromatic rings. The number of nitrogens with one attached hydrogen (secondary N) is 1. The summed E-state index contributed by atoms with van der Waals surface area (Å²) >= 11 is 5.78. The van der Waals surface area contributed by atoms with Crippen LogP contribution in [-0.2, 0) is 9.59 Å². The van der Waals surface area contributed by atoms with Crippen molar-refractivity contribution < 1.29 is 24.2 Å². The first-order valence-electron chi connectivity index (χ1n) is 9.47. The van der Waals surface area contributed by atoms with Crippen molar-refractivity contribution in [2.45, 2.75) is 31.6 Å². The predicted molar refractivity (Wildman–Crippen MR) is 110 cm³/mol. The first-order valence-corrected chi connectivity index (χ1v) is 9.85. The molecule has 0 aromatic heterocycles. The summed E-state index contributed by atoms with van der Waals surface area (Å²) < 4.78 is 13.9. The van der Waals surface area contributed by atoms with Gasteiger partial charge in [0, 0.05) is 29.3 Å². The summed E-state index contributed by atoms with van der Waals surface area (Å²) in [7, 11) is 0. The maximum absolute atomic E-state index is 13.9. The Bertz CT molecular complexity index is 1140. The van der Waals surface area contributed by atoms with Crippen molar-refractivity contribution >= 4 is 23.4 Å². The van der Waals surface area contributed by atoms with Crippen LogP contribution in [0.3, 0.4) is 0 Å². The summed E-state index contributed by atoms with van der Waals surface area (Å²) in [6.45, 7) is 1.65. The van der Waals surface area contributed by atoms with Gasteiger partial charge in [-0.25, -0.2) is 9.18 Å². The number of Topliss-reactive ketones (excluding diaryl/α,β-unsaturated/α-hetero) is 1. The fraction of sp³-hybridized carbons (Fsp3) is 0.217. The SMILES string of the molecule is CC1=C(C(=O)O)C(c2cccc(O)c2)C2=C(CC(c3ccc(Cl)c(F)c3)CC2=O)N1. The van der Waals surface area contributed by atoms with E-state index in [1.165, 1.54) is 24.3 Å². The van der Waals surface area contributed by atoms with E-state index in [1.54, 1.807) is 25.1 Å². The molecule has 0 fully saturated rings. The number of hydrogen-bond donors (Lipinski definition) is 3. The number of ketones is 1. The summed E-state index contributed by atoms with van der Waals surface area (Å²) in [5.41, 5.74) is 2.72. The van der Waals surface area contributed by atoms with Crippen LogP contribution >= 0.6 is 11.6 Å². The molecule has 0 saturated heterocycles. The highest BCUT2D eigenvalue weighted by atomic mass is 35.5. The largest absolute Gasteiger partial charge is 0.508 e. The zero-order chi connectivity index (χ0) is 21.6. The number of aromatic hydroxyl groups is 1. The Morgan fingerprint density at radius 1 is 1.17 bits per heavy atom. The van der Waals surface area contributed by atoms with E-state index in [0.29, 0.717) is 34.5 Å². The molecule has 2 aliphatic rings. The molecule has 2 aromatic carbocycles. The van der Waals surface area contributed by atoms with Crippen LogP contribution in [0.25, 0.3) is 0 Å². The maximum Gasteiger partial charge on any atom is 0.334 e. The molecule has 2 unspecified atom stereocenters. The number of dihydropyridines is 1. The van der Waals surface area contributed by atoms with Gasteiger partial charge in [-0.1, -0.05) is 29.8 Å². The molecule has 30 heavy (non-hydrogen) atoms. The molecule has 1 aliphatic carbocycles. The van der Waals surface area contributed by atoms with Crippen molar-refractivity contribution in [2.24, 2.45) is 0 Å². The lowest BCUT2D eigenvalue weighted by Gasteiger charge is -2.36. The second-order valence-corrected chi connectivity index (χ2v) is 8.00. The Balaban J connectivity index is 1.80. The Kier molecular flexibility index (Phi) is 5.12. The van der Waals surface area contributed by atoms with Gasteiger partial charge < -0.3 is 15.5 Å². The van der Waals surface area contributed by atoms with E-state index >= 15 is 0 Å². The van der Waals surface area contributed by atoms with Gasteiger partial charge >= 0.3 is 5.97 Å². The van der Waals surface area contributed by atoms with Gasteiger partial charge in [0.15, 0.2) is 5.78 Å². The molecule has 4 rings (SSSR count). The van der Waals surface area contributed by atoms with E-state index in [1.807, 2.05) is 0 Å². The Morgan fingerprint density at radius 2 is 1.93 bits per heavy atom. The molecule has 7 heteroatoms. The van der Waals surface area contributed by atoms with Crippen LogP contribution in [0.2, 0.25) is 5.02 Å². The third-order valence-corrected chi connectivity index (χ3v) is 5.98. The second kappa shape index (κ2) is 7.61. The molecule has 0 saturated carbocycles. The van der Waals surface area contributed by atoms with Gasteiger partial charge in [-0.05, 0) is 54.7 Å². The lowest BCUT2D eigenvalue weighted by molar-refractivity contribution is -0.133. The quantitative estimate of drug-likeness (QED) is 0.664. The van der Waals surface area contributed by atoms with Crippen LogP contribution in [0.5, 0.6) is 5.75 Å². The van der Waals surface area contributed by atoms with Crippen LogP contribution in [-0.4, -0.2) is 22.0 Å². The molecule has 3 N–H and O–H groups in total. The summed E-state index contributed by atoms with van der Waals surface area (Å²) in [5, 5.41) is 22.8. The molecule has 0 radical (unpaired) electrons. The fourth-order valence-corrected chi connectivity index (χ4v) is 4.48. The molecule has 0 amide bonds. The Labute approximate surface area is 177 Å². The van der Waals surface area contributed by atoms with E-state index < -0.39 is 17.7 Å². The minimum Gasteiger partial charge on any atom is -0.508 e. The number of carbonyl (C=O) groups excluding carboxylic acids is 1. The number of phenols is 1.